The van der Waals surface area contributed by atoms with Crippen LogP contribution in [-0.4, -0.2) is 22.8 Å². The molecular weight excluding hydrogens is 309 g/mol. The van der Waals surface area contributed by atoms with E-state index >= 15 is 0 Å². The number of fused-ring (bicyclic) bond motifs is 1. The Bertz CT molecular complexity index is 900. The number of rotatable bonds is 5. The third kappa shape index (κ3) is 3.20. The smallest absolute Gasteiger partial charge is 0.311 e. The Morgan fingerprint density at radius 2 is 1.83 bits per heavy atom. The van der Waals surface area contributed by atoms with Gasteiger partial charge in [0.1, 0.15) is 5.82 Å². The van der Waals surface area contributed by atoms with E-state index in [1.165, 1.54) is 19.1 Å². The number of ether oxygens (including phenoxy) is 1. The molecule has 122 valence electrons. The monoisotopic (exact) mass is 325 g/mol. The Balaban J connectivity index is 1.70. The van der Waals surface area contributed by atoms with E-state index < -0.39 is 17.9 Å². The first-order valence-electron chi connectivity index (χ1n) is 7.59. The van der Waals surface area contributed by atoms with E-state index in [2.05, 4.69) is 4.98 Å². The number of benzene rings is 2. The summed E-state index contributed by atoms with van der Waals surface area (Å²) in [6, 6.07) is 13.4. The molecule has 24 heavy (non-hydrogen) atoms. The van der Waals surface area contributed by atoms with Gasteiger partial charge in [0.2, 0.25) is 5.78 Å². The fourth-order valence-electron chi connectivity index (χ4n) is 2.58. The third-order valence-electron chi connectivity index (χ3n) is 3.82. The lowest BCUT2D eigenvalue weighted by Crippen LogP contribution is -2.25. The zero-order chi connectivity index (χ0) is 17.1. The van der Waals surface area contributed by atoms with Crippen LogP contribution < -0.4 is 0 Å². The molecule has 2 aromatic carbocycles. The van der Waals surface area contributed by atoms with E-state index in [0.717, 1.165) is 10.9 Å². The van der Waals surface area contributed by atoms with Gasteiger partial charge in [0.25, 0.3) is 0 Å². The second-order valence-electron chi connectivity index (χ2n) is 5.51. The van der Waals surface area contributed by atoms with Gasteiger partial charge in [0, 0.05) is 22.7 Å². The van der Waals surface area contributed by atoms with Crippen molar-refractivity contribution in [2.75, 3.05) is 0 Å². The molecule has 0 saturated heterocycles. The third-order valence-corrected chi connectivity index (χ3v) is 3.82. The first kappa shape index (κ1) is 15.9. The predicted molar refractivity (Wildman–Crippen MR) is 88.3 cm³/mol. The minimum atomic E-state index is -0.941. The topological polar surface area (TPSA) is 59.2 Å². The maximum Gasteiger partial charge on any atom is 0.311 e. The number of Topliss-reactive ketones (excluding diaryl/α,β-unsaturated/α-hetero) is 1. The summed E-state index contributed by atoms with van der Waals surface area (Å²) in [6.45, 7) is 1.52. The Kier molecular flexibility index (Phi) is 4.42. The van der Waals surface area contributed by atoms with Crippen LogP contribution in [0.3, 0.4) is 0 Å². The van der Waals surface area contributed by atoms with Crippen molar-refractivity contribution in [1.82, 2.24) is 4.98 Å². The highest BCUT2D eigenvalue weighted by molar-refractivity contribution is 6.10. The van der Waals surface area contributed by atoms with Gasteiger partial charge in [-0.05, 0) is 24.6 Å². The van der Waals surface area contributed by atoms with Crippen LogP contribution in [0.5, 0.6) is 0 Å². The summed E-state index contributed by atoms with van der Waals surface area (Å²) in [5, 5.41) is 0.777. The molecule has 0 saturated carbocycles. The standard InChI is InChI=1S/C19H16FNO3/c1-12(24-18(22)10-13-6-2-4-8-16(13)20)19(23)15-11-21-17-9-5-3-7-14(15)17/h2-9,11-12,21H,10H2,1H3/t12-/m0/s1. The van der Waals surface area contributed by atoms with E-state index in [1.807, 2.05) is 24.3 Å². The predicted octanol–water partition coefficient (Wildman–Crippen LogP) is 3.66. The van der Waals surface area contributed by atoms with Crippen LogP contribution in [0, 0.1) is 5.82 Å². The highest BCUT2D eigenvalue weighted by Crippen LogP contribution is 2.20. The largest absolute Gasteiger partial charge is 0.454 e. The van der Waals surface area contributed by atoms with E-state index in [4.69, 9.17) is 4.74 Å². The Morgan fingerprint density at radius 3 is 2.62 bits per heavy atom. The fraction of sp³-hybridized carbons (Fsp3) is 0.158. The molecule has 0 aliphatic carbocycles. The van der Waals surface area contributed by atoms with Crippen molar-refractivity contribution >= 4 is 22.7 Å². The van der Waals surface area contributed by atoms with Crippen molar-refractivity contribution in [3.63, 3.8) is 0 Å². The summed E-state index contributed by atoms with van der Waals surface area (Å²) >= 11 is 0. The average molecular weight is 325 g/mol. The lowest BCUT2D eigenvalue weighted by Gasteiger charge is -2.12. The number of halogens is 1. The summed E-state index contributed by atoms with van der Waals surface area (Å²) in [5.74, 6) is -1.40. The Labute approximate surface area is 138 Å². The molecule has 0 amide bonds. The number of hydrogen-bond donors (Lipinski definition) is 1. The van der Waals surface area contributed by atoms with Crippen molar-refractivity contribution in [3.05, 3.63) is 71.7 Å². The number of H-pyrrole nitrogens is 1. The lowest BCUT2D eigenvalue weighted by atomic mass is 10.1. The molecule has 0 aliphatic rings. The van der Waals surface area contributed by atoms with Gasteiger partial charge in [0.15, 0.2) is 6.10 Å². The SMILES string of the molecule is C[C@H](OC(=O)Cc1ccccc1F)C(=O)c1c[nH]c2ccccc12. The van der Waals surface area contributed by atoms with Crippen LogP contribution in [0.2, 0.25) is 0 Å². The molecule has 1 heterocycles. The van der Waals surface area contributed by atoms with Crippen LogP contribution in [0.15, 0.2) is 54.7 Å². The molecule has 3 rings (SSSR count). The minimum absolute atomic E-state index is 0.210. The van der Waals surface area contributed by atoms with Crippen LogP contribution in [0.25, 0.3) is 10.9 Å². The molecule has 4 nitrogen and oxygen atoms in total. The summed E-state index contributed by atoms with van der Waals surface area (Å²) in [5.41, 5.74) is 1.55. The number of aromatic nitrogens is 1. The molecule has 0 radical (unpaired) electrons. The molecular formula is C19H16FNO3. The number of para-hydroxylation sites is 1. The van der Waals surface area contributed by atoms with Crippen molar-refractivity contribution in [2.45, 2.75) is 19.4 Å². The first-order valence-corrected chi connectivity index (χ1v) is 7.59. The lowest BCUT2D eigenvalue weighted by molar-refractivity contribution is -0.145. The molecule has 1 N–H and O–H groups in total. The van der Waals surface area contributed by atoms with Crippen LogP contribution in [0.1, 0.15) is 22.8 Å². The molecule has 0 aliphatic heterocycles. The van der Waals surface area contributed by atoms with Gasteiger partial charge < -0.3 is 9.72 Å². The van der Waals surface area contributed by atoms with Gasteiger partial charge in [-0.25, -0.2) is 4.39 Å². The van der Waals surface area contributed by atoms with E-state index in [-0.39, 0.29) is 17.8 Å². The van der Waals surface area contributed by atoms with Gasteiger partial charge in [0.05, 0.1) is 6.42 Å². The van der Waals surface area contributed by atoms with Gasteiger partial charge in [-0.15, -0.1) is 0 Å². The van der Waals surface area contributed by atoms with Gasteiger partial charge in [-0.1, -0.05) is 36.4 Å². The second kappa shape index (κ2) is 6.66. The zero-order valence-electron chi connectivity index (χ0n) is 13.1. The Hall–Kier alpha value is -2.95. The number of ketones is 1. The first-order chi connectivity index (χ1) is 11.6. The van der Waals surface area contributed by atoms with Crippen LogP contribution in [-0.2, 0) is 16.0 Å². The molecule has 1 aromatic heterocycles. The summed E-state index contributed by atoms with van der Waals surface area (Å²) in [7, 11) is 0. The number of hydrogen-bond acceptors (Lipinski definition) is 3. The molecule has 3 aromatic rings. The normalized spacial score (nSPS) is 12.1. The van der Waals surface area contributed by atoms with Crippen molar-refractivity contribution in [1.29, 1.82) is 0 Å². The van der Waals surface area contributed by atoms with Gasteiger partial charge in [-0.3, -0.25) is 9.59 Å². The molecule has 5 heteroatoms. The number of aromatic amines is 1. The highest BCUT2D eigenvalue weighted by atomic mass is 19.1. The van der Waals surface area contributed by atoms with E-state index in [9.17, 15) is 14.0 Å². The highest BCUT2D eigenvalue weighted by Gasteiger charge is 2.22. The molecule has 0 unspecified atom stereocenters. The van der Waals surface area contributed by atoms with Crippen LogP contribution in [0.4, 0.5) is 4.39 Å². The van der Waals surface area contributed by atoms with E-state index in [1.54, 1.807) is 18.3 Å². The molecule has 0 spiro atoms. The average Bonchev–Trinajstić information content (AvgIpc) is 3.00. The fourth-order valence-corrected chi connectivity index (χ4v) is 2.58. The van der Waals surface area contributed by atoms with Crippen molar-refractivity contribution in [2.24, 2.45) is 0 Å². The van der Waals surface area contributed by atoms with Gasteiger partial charge in [-0.2, -0.15) is 0 Å². The second-order valence-corrected chi connectivity index (χ2v) is 5.51. The summed E-state index contributed by atoms with van der Waals surface area (Å²) in [4.78, 5) is 27.5. The molecule has 0 bridgehead atoms. The zero-order valence-corrected chi connectivity index (χ0v) is 13.1. The summed E-state index contributed by atoms with van der Waals surface area (Å²) < 4.78 is 18.7. The van der Waals surface area contributed by atoms with Gasteiger partial charge >= 0.3 is 5.97 Å². The number of carbonyl (C=O) groups excluding carboxylic acids is 2. The number of carbonyl (C=O) groups is 2. The quantitative estimate of drug-likeness (QED) is 0.575. The number of nitrogens with one attached hydrogen (secondary N) is 1. The maximum absolute atomic E-state index is 13.6. The molecule has 0 fully saturated rings. The minimum Gasteiger partial charge on any atom is -0.454 e. The maximum atomic E-state index is 13.6. The Morgan fingerprint density at radius 1 is 1.12 bits per heavy atom. The van der Waals surface area contributed by atoms with Crippen molar-refractivity contribution in [3.8, 4) is 0 Å². The van der Waals surface area contributed by atoms with Crippen LogP contribution >= 0.6 is 0 Å². The molecule has 1 atom stereocenters. The summed E-state index contributed by atoms with van der Waals surface area (Å²) in [6.07, 6.45) is 0.454. The van der Waals surface area contributed by atoms with E-state index in [0.29, 0.717) is 5.56 Å². The number of esters is 1. The van der Waals surface area contributed by atoms with Crippen molar-refractivity contribution < 1.29 is 18.7 Å².